The Labute approximate surface area is 120 Å². The SMILES string of the molecule is COCCN(C)CCNC(=O)[C@@H]1CCCC[C@@H]1C(=O)O. The number of nitrogens with one attached hydrogen (secondary N) is 1. The highest BCUT2D eigenvalue weighted by Crippen LogP contribution is 2.30. The van der Waals surface area contributed by atoms with Crippen LogP contribution >= 0.6 is 0 Å². The predicted octanol–water partition coefficient (Wildman–Crippen LogP) is 0.572. The summed E-state index contributed by atoms with van der Waals surface area (Å²) in [7, 11) is 3.62. The number of methoxy groups -OCH3 is 1. The number of aliphatic carboxylic acids is 1. The van der Waals surface area contributed by atoms with Crippen molar-refractivity contribution in [3.8, 4) is 0 Å². The molecule has 0 aromatic heterocycles. The van der Waals surface area contributed by atoms with Crippen LogP contribution in [0.25, 0.3) is 0 Å². The summed E-state index contributed by atoms with van der Waals surface area (Å²) >= 11 is 0. The fourth-order valence-corrected chi connectivity index (χ4v) is 2.60. The Bertz CT molecular complexity index is 322. The summed E-state index contributed by atoms with van der Waals surface area (Å²) in [6.45, 7) is 2.75. The molecule has 1 fully saturated rings. The molecule has 1 aliphatic rings. The van der Waals surface area contributed by atoms with E-state index in [4.69, 9.17) is 9.84 Å². The molecule has 0 heterocycles. The summed E-state index contributed by atoms with van der Waals surface area (Å²) in [6.07, 6.45) is 3.14. The first-order valence-corrected chi connectivity index (χ1v) is 7.24. The number of amides is 1. The standard InChI is InChI=1S/C14H26N2O4/c1-16(9-10-20-2)8-7-15-13(17)11-5-3-4-6-12(11)14(18)19/h11-12H,3-10H2,1-2H3,(H,15,17)(H,18,19)/t11-,12+/m1/s1. The van der Waals surface area contributed by atoms with Gasteiger partial charge in [-0.05, 0) is 19.9 Å². The van der Waals surface area contributed by atoms with Gasteiger partial charge in [0.2, 0.25) is 5.91 Å². The second-order valence-corrected chi connectivity index (χ2v) is 5.42. The van der Waals surface area contributed by atoms with Crippen LogP contribution in [-0.4, -0.2) is 62.3 Å². The molecule has 6 nitrogen and oxygen atoms in total. The van der Waals surface area contributed by atoms with E-state index in [2.05, 4.69) is 10.2 Å². The van der Waals surface area contributed by atoms with Gasteiger partial charge in [-0.2, -0.15) is 0 Å². The molecule has 0 saturated heterocycles. The molecule has 6 heteroatoms. The molecule has 0 aromatic rings. The highest BCUT2D eigenvalue weighted by Gasteiger charge is 2.35. The zero-order valence-corrected chi connectivity index (χ0v) is 12.4. The molecule has 1 saturated carbocycles. The van der Waals surface area contributed by atoms with Gasteiger partial charge in [0.25, 0.3) is 0 Å². The van der Waals surface area contributed by atoms with Gasteiger partial charge in [0.1, 0.15) is 0 Å². The highest BCUT2D eigenvalue weighted by atomic mass is 16.5. The lowest BCUT2D eigenvalue weighted by Crippen LogP contribution is -2.42. The van der Waals surface area contributed by atoms with Gasteiger partial charge in [0, 0.05) is 26.7 Å². The van der Waals surface area contributed by atoms with Crippen LogP contribution in [0.5, 0.6) is 0 Å². The lowest BCUT2D eigenvalue weighted by atomic mass is 9.79. The van der Waals surface area contributed by atoms with Crippen molar-refractivity contribution in [3.05, 3.63) is 0 Å². The maximum absolute atomic E-state index is 12.1. The first kappa shape index (κ1) is 16.9. The summed E-state index contributed by atoms with van der Waals surface area (Å²) in [6, 6.07) is 0. The summed E-state index contributed by atoms with van der Waals surface area (Å²) in [5.74, 6) is -1.85. The summed E-state index contributed by atoms with van der Waals surface area (Å²) in [4.78, 5) is 25.3. The Morgan fingerprint density at radius 2 is 1.90 bits per heavy atom. The van der Waals surface area contributed by atoms with Gasteiger partial charge in [-0.25, -0.2) is 0 Å². The molecule has 2 N–H and O–H groups in total. The van der Waals surface area contributed by atoms with E-state index in [-0.39, 0.29) is 11.8 Å². The van der Waals surface area contributed by atoms with Crippen molar-refractivity contribution in [2.75, 3.05) is 40.4 Å². The number of carbonyl (C=O) groups excluding carboxylic acids is 1. The summed E-state index contributed by atoms with van der Waals surface area (Å²) in [5.41, 5.74) is 0. The van der Waals surface area contributed by atoms with Gasteiger partial charge in [-0.3, -0.25) is 9.59 Å². The molecule has 2 atom stereocenters. The lowest BCUT2D eigenvalue weighted by molar-refractivity contribution is -0.148. The van der Waals surface area contributed by atoms with Gasteiger partial charge < -0.3 is 20.1 Å². The topological polar surface area (TPSA) is 78.9 Å². The minimum atomic E-state index is -0.845. The van der Waals surface area contributed by atoms with Gasteiger partial charge in [0.05, 0.1) is 18.4 Å². The number of nitrogens with zero attached hydrogens (tertiary/aromatic N) is 1. The van der Waals surface area contributed by atoms with Crippen LogP contribution in [0.1, 0.15) is 25.7 Å². The monoisotopic (exact) mass is 286 g/mol. The second-order valence-electron chi connectivity index (χ2n) is 5.42. The number of rotatable bonds is 8. The third kappa shape index (κ3) is 5.46. The first-order valence-electron chi connectivity index (χ1n) is 7.24. The molecular formula is C14H26N2O4. The van der Waals surface area contributed by atoms with E-state index in [9.17, 15) is 9.59 Å². The molecule has 1 aliphatic carbocycles. The van der Waals surface area contributed by atoms with Crippen LogP contribution in [0, 0.1) is 11.8 Å². The van der Waals surface area contributed by atoms with Crippen LogP contribution in [0.2, 0.25) is 0 Å². The molecule has 1 rings (SSSR count). The maximum atomic E-state index is 12.1. The second kappa shape index (κ2) is 8.92. The molecule has 0 unspecified atom stereocenters. The van der Waals surface area contributed by atoms with Crippen molar-refractivity contribution >= 4 is 11.9 Å². The molecule has 0 aromatic carbocycles. The van der Waals surface area contributed by atoms with Crippen molar-refractivity contribution in [3.63, 3.8) is 0 Å². The Morgan fingerprint density at radius 3 is 2.50 bits per heavy atom. The molecule has 0 spiro atoms. The number of hydrogen-bond acceptors (Lipinski definition) is 4. The van der Waals surface area contributed by atoms with Crippen molar-refractivity contribution in [2.24, 2.45) is 11.8 Å². The van der Waals surface area contributed by atoms with Crippen molar-refractivity contribution in [1.82, 2.24) is 10.2 Å². The van der Waals surface area contributed by atoms with E-state index < -0.39 is 11.9 Å². The molecule has 0 radical (unpaired) electrons. The summed E-state index contributed by atoms with van der Waals surface area (Å²) < 4.78 is 4.98. The number of carboxylic acids is 1. The molecular weight excluding hydrogens is 260 g/mol. The molecule has 116 valence electrons. The molecule has 1 amide bonds. The van der Waals surface area contributed by atoms with Crippen molar-refractivity contribution in [1.29, 1.82) is 0 Å². The van der Waals surface area contributed by atoms with Gasteiger partial charge in [-0.1, -0.05) is 12.8 Å². The fraction of sp³-hybridized carbons (Fsp3) is 0.857. The van der Waals surface area contributed by atoms with E-state index in [0.717, 1.165) is 25.9 Å². The average molecular weight is 286 g/mol. The number of likely N-dealkylation sites (N-methyl/N-ethyl adjacent to an activating group) is 1. The van der Waals surface area contributed by atoms with E-state index in [1.165, 1.54) is 0 Å². The Morgan fingerprint density at radius 1 is 1.25 bits per heavy atom. The van der Waals surface area contributed by atoms with Gasteiger partial charge >= 0.3 is 5.97 Å². The molecule has 0 bridgehead atoms. The lowest BCUT2D eigenvalue weighted by Gasteiger charge is -2.27. The number of carbonyl (C=O) groups is 2. The number of hydrogen-bond donors (Lipinski definition) is 2. The van der Waals surface area contributed by atoms with Crippen LogP contribution in [-0.2, 0) is 14.3 Å². The zero-order valence-electron chi connectivity index (χ0n) is 12.4. The zero-order chi connectivity index (χ0) is 15.0. The van der Waals surface area contributed by atoms with Crippen LogP contribution in [0.3, 0.4) is 0 Å². The fourth-order valence-electron chi connectivity index (χ4n) is 2.60. The Balaban J connectivity index is 2.32. The van der Waals surface area contributed by atoms with Crippen molar-refractivity contribution in [2.45, 2.75) is 25.7 Å². The molecule has 20 heavy (non-hydrogen) atoms. The van der Waals surface area contributed by atoms with Crippen LogP contribution in [0.15, 0.2) is 0 Å². The van der Waals surface area contributed by atoms with E-state index in [0.29, 0.717) is 26.0 Å². The van der Waals surface area contributed by atoms with Crippen molar-refractivity contribution < 1.29 is 19.4 Å². The van der Waals surface area contributed by atoms with Gasteiger partial charge in [0.15, 0.2) is 0 Å². The van der Waals surface area contributed by atoms with E-state index in [1.807, 2.05) is 7.05 Å². The Hall–Kier alpha value is -1.14. The molecule has 0 aliphatic heterocycles. The van der Waals surface area contributed by atoms with E-state index >= 15 is 0 Å². The van der Waals surface area contributed by atoms with Crippen LogP contribution < -0.4 is 5.32 Å². The minimum Gasteiger partial charge on any atom is -0.481 e. The summed E-state index contributed by atoms with van der Waals surface area (Å²) in [5, 5.41) is 12.0. The highest BCUT2D eigenvalue weighted by molar-refractivity contribution is 5.84. The van der Waals surface area contributed by atoms with Crippen LogP contribution in [0.4, 0.5) is 0 Å². The number of carboxylic acid groups (broad SMARTS) is 1. The quantitative estimate of drug-likeness (QED) is 0.682. The third-order valence-electron chi connectivity index (χ3n) is 3.89. The minimum absolute atomic E-state index is 0.114. The maximum Gasteiger partial charge on any atom is 0.307 e. The normalized spacial score (nSPS) is 22.8. The average Bonchev–Trinajstić information content (AvgIpc) is 2.44. The largest absolute Gasteiger partial charge is 0.481 e. The smallest absolute Gasteiger partial charge is 0.307 e. The van der Waals surface area contributed by atoms with Gasteiger partial charge in [-0.15, -0.1) is 0 Å². The number of ether oxygens (including phenoxy) is 1. The third-order valence-corrected chi connectivity index (χ3v) is 3.89. The Kier molecular flexibility index (Phi) is 7.54. The predicted molar refractivity (Wildman–Crippen MR) is 75.5 cm³/mol. The first-order chi connectivity index (χ1) is 9.56. The van der Waals surface area contributed by atoms with E-state index in [1.54, 1.807) is 7.11 Å².